The Bertz CT molecular complexity index is 584. The molecule has 0 atom stereocenters. The van der Waals surface area contributed by atoms with E-state index in [4.69, 9.17) is 16.9 Å². The van der Waals surface area contributed by atoms with Gasteiger partial charge in [0.15, 0.2) is 6.19 Å². The largest absolute Gasteiger partial charge is 0.289 e. The van der Waals surface area contributed by atoms with Crippen LogP contribution in [0.25, 0.3) is 11.0 Å². The van der Waals surface area contributed by atoms with Gasteiger partial charge < -0.3 is 0 Å². The lowest BCUT2D eigenvalue weighted by molar-refractivity contribution is 1.28. The van der Waals surface area contributed by atoms with Crippen LogP contribution < -0.4 is 5.32 Å². The summed E-state index contributed by atoms with van der Waals surface area (Å²) in [5.74, 6) is 0. The maximum absolute atomic E-state index is 8.68. The molecule has 1 aromatic heterocycles. The van der Waals surface area contributed by atoms with Gasteiger partial charge in [-0.25, -0.2) is 0 Å². The SMILES string of the molecule is C=CCc1cc2nsnc2c(NC#N)c1Cl. The number of anilines is 1. The van der Waals surface area contributed by atoms with Gasteiger partial charge in [0.05, 0.1) is 22.4 Å². The fourth-order valence-electron chi connectivity index (χ4n) is 1.43. The summed E-state index contributed by atoms with van der Waals surface area (Å²) in [4.78, 5) is 0. The molecule has 4 nitrogen and oxygen atoms in total. The summed E-state index contributed by atoms with van der Waals surface area (Å²) in [5.41, 5.74) is 2.77. The topological polar surface area (TPSA) is 61.6 Å². The maximum atomic E-state index is 8.68. The number of allylic oxidation sites excluding steroid dienone is 1. The Balaban J connectivity index is 2.71. The molecular formula is C10H7ClN4S. The zero-order valence-electron chi connectivity index (χ0n) is 8.20. The highest BCUT2D eigenvalue weighted by Gasteiger charge is 2.13. The molecule has 1 aromatic carbocycles. The highest BCUT2D eigenvalue weighted by Crippen LogP contribution is 2.33. The Morgan fingerprint density at radius 3 is 3.12 bits per heavy atom. The lowest BCUT2D eigenvalue weighted by atomic mass is 10.1. The minimum atomic E-state index is 0.502. The smallest absolute Gasteiger partial charge is 0.181 e. The van der Waals surface area contributed by atoms with Crippen LogP contribution in [0.15, 0.2) is 18.7 Å². The van der Waals surface area contributed by atoms with Crippen LogP contribution in [0.4, 0.5) is 5.69 Å². The summed E-state index contributed by atoms with van der Waals surface area (Å²) in [6, 6.07) is 1.87. The van der Waals surface area contributed by atoms with Crippen LogP contribution in [-0.2, 0) is 6.42 Å². The summed E-state index contributed by atoms with van der Waals surface area (Å²) in [6.45, 7) is 3.66. The fraction of sp³-hybridized carbons (Fsp3) is 0.100. The summed E-state index contributed by atoms with van der Waals surface area (Å²) < 4.78 is 8.24. The molecule has 0 aliphatic heterocycles. The van der Waals surface area contributed by atoms with Crippen molar-refractivity contribution in [2.45, 2.75) is 6.42 Å². The number of hydrogen-bond acceptors (Lipinski definition) is 5. The molecule has 0 amide bonds. The molecule has 0 saturated heterocycles. The number of nitriles is 1. The number of nitrogens with one attached hydrogen (secondary N) is 1. The van der Waals surface area contributed by atoms with Gasteiger partial charge in [-0.2, -0.15) is 14.0 Å². The second-order valence-corrected chi connectivity index (χ2v) is 3.99. The second-order valence-electron chi connectivity index (χ2n) is 3.09. The van der Waals surface area contributed by atoms with Crippen LogP contribution in [0, 0.1) is 11.5 Å². The Morgan fingerprint density at radius 2 is 2.44 bits per heavy atom. The van der Waals surface area contributed by atoms with E-state index in [-0.39, 0.29) is 0 Å². The van der Waals surface area contributed by atoms with E-state index in [1.165, 1.54) is 0 Å². The molecule has 0 bridgehead atoms. The first-order chi connectivity index (χ1) is 7.77. The Hall–Kier alpha value is -1.64. The lowest BCUT2D eigenvalue weighted by Gasteiger charge is -2.06. The number of rotatable bonds is 3. The highest BCUT2D eigenvalue weighted by atomic mass is 35.5. The van der Waals surface area contributed by atoms with Crippen molar-refractivity contribution in [1.82, 2.24) is 8.75 Å². The van der Waals surface area contributed by atoms with Gasteiger partial charge >= 0.3 is 0 Å². The molecule has 1 heterocycles. The molecule has 2 aromatic rings. The number of halogens is 1. The molecule has 6 heteroatoms. The molecule has 0 saturated carbocycles. The zero-order chi connectivity index (χ0) is 11.5. The molecule has 0 aliphatic carbocycles. The van der Waals surface area contributed by atoms with Crippen molar-refractivity contribution in [3.05, 3.63) is 29.3 Å². The summed E-state index contributed by atoms with van der Waals surface area (Å²) >= 11 is 7.27. The van der Waals surface area contributed by atoms with Crippen LogP contribution >= 0.6 is 23.3 Å². The third kappa shape index (κ3) is 1.73. The molecule has 1 N–H and O–H groups in total. The number of fused-ring (bicyclic) bond motifs is 1. The van der Waals surface area contributed by atoms with Crippen LogP contribution in [0.1, 0.15) is 5.56 Å². The molecule has 0 spiro atoms. The Labute approximate surface area is 101 Å². The first kappa shape index (κ1) is 10.9. The van der Waals surface area contributed by atoms with Crippen molar-refractivity contribution in [2.24, 2.45) is 0 Å². The molecule has 16 heavy (non-hydrogen) atoms. The summed E-state index contributed by atoms with van der Waals surface area (Å²) in [7, 11) is 0. The van der Waals surface area contributed by atoms with E-state index >= 15 is 0 Å². The number of aromatic nitrogens is 2. The molecular weight excluding hydrogens is 244 g/mol. The number of hydrogen-bond donors (Lipinski definition) is 1. The average Bonchev–Trinajstić information content (AvgIpc) is 2.72. The Morgan fingerprint density at radius 1 is 1.62 bits per heavy atom. The Kier molecular flexibility index (Phi) is 3.04. The first-order valence-corrected chi connectivity index (χ1v) is 5.58. The fourth-order valence-corrected chi connectivity index (χ4v) is 2.23. The number of nitrogens with zero attached hydrogens (tertiary/aromatic N) is 3. The van der Waals surface area contributed by atoms with Gasteiger partial charge in [0.1, 0.15) is 11.0 Å². The number of benzene rings is 1. The van der Waals surface area contributed by atoms with Gasteiger partial charge in [0, 0.05) is 0 Å². The molecule has 2 rings (SSSR count). The predicted octanol–water partition coefficient (Wildman–Crippen LogP) is 2.97. The van der Waals surface area contributed by atoms with Crippen LogP contribution in [-0.4, -0.2) is 8.75 Å². The van der Waals surface area contributed by atoms with Crippen LogP contribution in [0.5, 0.6) is 0 Å². The monoisotopic (exact) mass is 250 g/mol. The third-order valence-corrected chi connectivity index (χ3v) is 3.08. The first-order valence-electron chi connectivity index (χ1n) is 4.47. The van der Waals surface area contributed by atoms with Gasteiger partial charge in [0.2, 0.25) is 0 Å². The van der Waals surface area contributed by atoms with Crippen molar-refractivity contribution in [1.29, 1.82) is 5.26 Å². The minimum absolute atomic E-state index is 0.502. The van der Waals surface area contributed by atoms with E-state index < -0.39 is 0 Å². The van der Waals surface area contributed by atoms with Gasteiger partial charge in [0.25, 0.3) is 0 Å². The van der Waals surface area contributed by atoms with E-state index in [2.05, 4.69) is 20.6 Å². The van der Waals surface area contributed by atoms with Gasteiger partial charge in [-0.15, -0.1) is 6.58 Å². The highest BCUT2D eigenvalue weighted by molar-refractivity contribution is 7.00. The van der Waals surface area contributed by atoms with E-state index in [1.807, 2.05) is 12.3 Å². The standard InChI is InChI=1S/C10H7ClN4S/c1-2-3-6-4-7-9(15-16-14-7)10(8(6)11)13-5-12/h2,4,13H,1,3H2. The van der Waals surface area contributed by atoms with Crippen LogP contribution in [0.2, 0.25) is 5.02 Å². The zero-order valence-corrected chi connectivity index (χ0v) is 9.77. The molecule has 80 valence electrons. The quantitative estimate of drug-likeness (QED) is 0.517. The van der Waals surface area contributed by atoms with Crippen molar-refractivity contribution >= 4 is 40.0 Å². The maximum Gasteiger partial charge on any atom is 0.181 e. The summed E-state index contributed by atoms with van der Waals surface area (Å²) in [6.07, 6.45) is 4.24. The molecule has 0 radical (unpaired) electrons. The third-order valence-electron chi connectivity index (χ3n) is 2.11. The van der Waals surface area contributed by atoms with Crippen LogP contribution in [0.3, 0.4) is 0 Å². The average molecular weight is 251 g/mol. The van der Waals surface area contributed by atoms with Crippen molar-refractivity contribution < 1.29 is 0 Å². The van der Waals surface area contributed by atoms with Crippen molar-refractivity contribution in [3.8, 4) is 6.19 Å². The molecule has 0 fully saturated rings. The van der Waals surface area contributed by atoms with Gasteiger partial charge in [-0.1, -0.05) is 17.7 Å². The van der Waals surface area contributed by atoms with E-state index in [1.54, 1.807) is 6.08 Å². The normalized spacial score (nSPS) is 10.0. The van der Waals surface area contributed by atoms with Crippen molar-refractivity contribution in [2.75, 3.05) is 5.32 Å². The summed E-state index contributed by atoms with van der Waals surface area (Å²) in [5, 5.41) is 11.7. The molecule has 0 unspecified atom stereocenters. The minimum Gasteiger partial charge on any atom is -0.289 e. The van der Waals surface area contributed by atoms with Gasteiger partial charge in [-0.3, -0.25) is 5.32 Å². The van der Waals surface area contributed by atoms with Gasteiger partial charge in [-0.05, 0) is 18.1 Å². The van der Waals surface area contributed by atoms with Crippen molar-refractivity contribution in [3.63, 3.8) is 0 Å². The lowest BCUT2D eigenvalue weighted by Crippen LogP contribution is -1.94. The molecule has 0 aliphatic rings. The van der Waals surface area contributed by atoms with E-state index in [0.717, 1.165) is 22.8 Å². The second kappa shape index (κ2) is 4.47. The van der Waals surface area contributed by atoms with E-state index in [9.17, 15) is 0 Å². The predicted molar refractivity (Wildman–Crippen MR) is 65.6 cm³/mol. The van der Waals surface area contributed by atoms with E-state index in [0.29, 0.717) is 22.6 Å².